The van der Waals surface area contributed by atoms with E-state index < -0.39 is 11.4 Å². The first-order valence-corrected chi connectivity index (χ1v) is 6.92. The summed E-state index contributed by atoms with van der Waals surface area (Å²) in [6, 6.07) is 4.49. The molecule has 0 spiro atoms. The first-order chi connectivity index (χ1) is 9.44. The number of benzene rings is 1. The zero-order valence-corrected chi connectivity index (χ0v) is 11.9. The molecule has 1 aliphatic heterocycles. The molecular formula is C15H21FN2O2. The van der Waals surface area contributed by atoms with Gasteiger partial charge in [0.2, 0.25) is 0 Å². The van der Waals surface area contributed by atoms with Gasteiger partial charge in [-0.2, -0.15) is 0 Å². The SMILES string of the molecule is CNc1c(F)cccc1C(=O)N1CCCC(C)(O)CC1. The van der Waals surface area contributed by atoms with Gasteiger partial charge in [-0.3, -0.25) is 4.79 Å². The van der Waals surface area contributed by atoms with Crippen LogP contribution in [0, 0.1) is 5.82 Å². The summed E-state index contributed by atoms with van der Waals surface area (Å²) in [6.07, 6.45) is 1.98. The molecule has 2 rings (SSSR count). The van der Waals surface area contributed by atoms with Crippen molar-refractivity contribution in [2.45, 2.75) is 31.8 Å². The molecule has 1 aliphatic rings. The van der Waals surface area contributed by atoms with Gasteiger partial charge in [0.15, 0.2) is 0 Å². The number of para-hydroxylation sites is 1. The minimum Gasteiger partial charge on any atom is -0.390 e. The number of carbonyl (C=O) groups excluding carboxylic acids is 1. The second kappa shape index (κ2) is 5.79. The predicted octanol–water partition coefficient (Wildman–Crippen LogP) is 2.24. The number of aliphatic hydroxyl groups is 1. The third kappa shape index (κ3) is 3.10. The highest BCUT2D eigenvalue weighted by Gasteiger charge is 2.28. The molecule has 110 valence electrons. The van der Waals surface area contributed by atoms with Crippen molar-refractivity contribution in [3.05, 3.63) is 29.6 Å². The van der Waals surface area contributed by atoms with Gasteiger partial charge < -0.3 is 15.3 Å². The van der Waals surface area contributed by atoms with Crippen molar-refractivity contribution in [3.8, 4) is 0 Å². The Morgan fingerprint density at radius 2 is 2.15 bits per heavy atom. The number of anilines is 1. The van der Waals surface area contributed by atoms with Crippen LogP contribution in [0.3, 0.4) is 0 Å². The Hall–Kier alpha value is -1.62. The van der Waals surface area contributed by atoms with E-state index in [9.17, 15) is 14.3 Å². The molecule has 1 atom stereocenters. The van der Waals surface area contributed by atoms with Gasteiger partial charge in [-0.25, -0.2) is 4.39 Å². The molecule has 0 aliphatic carbocycles. The zero-order chi connectivity index (χ0) is 14.8. The maximum atomic E-state index is 13.7. The third-order valence-corrected chi connectivity index (χ3v) is 3.84. The van der Waals surface area contributed by atoms with E-state index in [0.717, 1.165) is 6.42 Å². The van der Waals surface area contributed by atoms with E-state index in [1.54, 1.807) is 24.9 Å². The molecule has 2 N–H and O–H groups in total. The average molecular weight is 280 g/mol. The summed E-state index contributed by atoms with van der Waals surface area (Å²) in [7, 11) is 1.60. The number of rotatable bonds is 2. The standard InChI is InChI=1S/C15H21FN2O2/c1-15(20)7-4-9-18(10-8-15)14(19)11-5-3-6-12(16)13(11)17-2/h3,5-6,17,20H,4,7-10H2,1-2H3. The molecule has 1 amide bonds. The third-order valence-electron chi connectivity index (χ3n) is 3.84. The minimum absolute atomic E-state index is 0.188. The summed E-state index contributed by atoms with van der Waals surface area (Å²) in [5.41, 5.74) is -0.148. The Labute approximate surface area is 118 Å². The summed E-state index contributed by atoms with van der Waals surface area (Å²) in [4.78, 5) is 14.2. The molecule has 1 aromatic carbocycles. The smallest absolute Gasteiger partial charge is 0.256 e. The molecular weight excluding hydrogens is 259 g/mol. The number of amides is 1. The maximum Gasteiger partial charge on any atom is 0.256 e. The van der Waals surface area contributed by atoms with Gasteiger partial charge in [0.1, 0.15) is 5.82 Å². The zero-order valence-electron chi connectivity index (χ0n) is 11.9. The molecule has 0 bridgehead atoms. The van der Waals surface area contributed by atoms with Crippen molar-refractivity contribution in [1.82, 2.24) is 4.90 Å². The average Bonchev–Trinajstić information content (AvgIpc) is 2.58. The van der Waals surface area contributed by atoms with E-state index in [2.05, 4.69) is 5.32 Å². The van der Waals surface area contributed by atoms with E-state index in [4.69, 9.17) is 0 Å². The fourth-order valence-corrected chi connectivity index (χ4v) is 2.59. The molecule has 0 radical (unpaired) electrons. The van der Waals surface area contributed by atoms with Crippen molar-refractivity contribution in [1.29, 1.82) is 0 Å². The number of hydrogen-bond donors (Lipinski definition) is 2. The van der Waals surface area contributed by atoms with Crippen LogP contribution in [0.1, 0.15) is 36.5 Å². The lowest BCUT2D eigenvalue weighted by Crippen LogP contribution is -2.34. The first kappa shape index (κ1) is 14.8. The molecule has 5 heteroatoms. The lowest BCUT2D eigenvalue weighted by Gasteiger charge is -2.23. The van der Waals surface area contributed by atoms with Crippen LogP contribution in [0.4, 0.5) is 10.1 Å². The number of nitrogens with one attached hydrogen (secondary N) is 1. The van der Waals surface area contributed by atoms with Crippen LogP contribution in [0.15, 0.2) is 18.2 Å². The number of nitrogens with zero attached hydrogens (tertiary/aromatic N) is 1. The molecule has 20 heavy (non-hydrogen) atoms. The fourth-order valence-electron chi connectivity index (χ4n) is 2.59. The molecule has 1 unspecified atom stereocenters. The minimum atomic E-state index is -0.719. The van der Waals surface area contributed by atoms with Gasteiger partial charge in [-0.15, -0.1) is 0 Å². The highest BCUT2D eigenvalue weighted by molar-refractivity contribution is 5.99. The van der Waals surface area contributed by atoms with Gasteiger partial charge >= 0.3 is 0 Å². The number of halogens is 1. The van der Waals surface area contributed by atoms with Crippen LogP contribution >= 0.6 is 0 Å². The molecule has 4 nitrogen and oxygen atoms in total. The van der Waals surface area contributed by atoms with E-state index in [1.165, 1.54) is 12.1 Å². The van der Waals surface area contributed by atoms with Crippen LogP contribution in [0.2, 0.25) is 0 Å². The monoisotopic (exact) mass is 280 g/mol. The highest BCUT2D eigenvalue weighted by atomic mass is 19.1. The lowest BCUT2D eigenvalue weighted by molar-refractivity contribution is 0.0438. The van der Waals surface area contributed by atoms with Crippen molar-refractivity contribution >= 4 is 11.6 Å². The van der Waals surface area contributed by atoms with Crippen molar-refractivity contribution in [3.63, 3.8) is 0 Å². The molecule has 1 heterocycles. The Morgan fingerprint density at radius 1 is 1.40 bits per heavy atom. The molecule has 0 aromatic heterocycles. The summed E-state index contributed by atoms with van der Waals surface area (Å²) >= 11 is 0. The van der Waals surface area contributed by atoms with Crippen molar-refractivity contribution in [2.75, 3.05) is 25.5 Å². The first-order valence-electron chi connectivity index (χ1n) is 6.92. The second-order valence-electron chi connectivity index (χ2n) is 5.56. The molecule has 1 fully saturated rings. The van der Waals surface area contributed by atoms with Crippen molar-refractivity contribution < 1.29 is 14.3 Å². The van der Waals surface area contributed by atoms with Gasteiger partial charge in [-0.05, 0) is 38.3 Å². The van der Waals surface area contributed by atoms with Crippen LogP contribution in [0.25, 0.3) is 0 Å². The Morgan fingerprint density at radius 3 is 2.85 bits per heavy atom. The summed E-state index contributed by atoms with van der Waals surface area (Å²) in [5.74, 6) is -0.619. The van der Waals surface area contributed by atoms with Gasteiger partial charge in [-0.1, -0.05) is 6.07 Å². The van der Waals surface area contributed by atoms with Crippen LogP contribution in [-0.4, -0.2) is 41.7 Å². The summed E-state index contributed by atoms with van der Waals surface area (Å²) in [5, 5.41) is 12.8. The van der Waals surface area contributed by atoms with E-state index >= 15 is 0 Å². The quantitative estimate of drug-likeness (QED) is 0.873. The maximum absolute atomic E-state index is 13.7. The lowest BCUT2D eigenvalue weighted by atomic mass is 9.98. The number of carbonyl (C=O) groups is 1. The number of hydrogen-bond acceptors (Lipinski definition) is 3. The molecule has 1 saturated heterocycles. The molecule has 0 saturated carbocycles. The van der Waals surface area contributed by atoms with Crippen LogP contribution in [0.5, 0.6) is 0 Å². The van der Waals surface area contributed by atoms with Crippen LogP contribution in [-0.2, 0) is 0 Å². The van der Waals surface area contributed by atoms with E-state index in [0.29, 0.717) is 31.5 Å². The fraction of sp³-hybridized carbons (Fsp3) is 0.533. The van der Waals surface area contributed by atoms with E-state index in [-0.39, 0.29) is 11.6 Å². The van der Waals surface area contributed by atoms with Gasteiger partial charge in [0, 0.05) is 20.1 Å². The normalized spacial score (nSPS) is 23.3. The van der Waals surface area contributed by atoms with Gasteiger partial charge in [0.05, 0.1) is 16.9 Å². The summed E-state index contributed by atoms with van der Waals surface area (Å²) < 4.78 is 13.7. The Kier molecular flexibility index (Phi) is 4.28. The largest absolute Gasteiger partial charge is 0.390 e. The van der Waals surface area contributed by atoms with Crippen LogP contribution < -0.4 is 5.32 Å². The summed E-state index contributed by atoms with van der Waals surface area (Å²) in [6.45, 7) is 2.88. The van der Waals surface area contributed by atoms with E-state index in [1.807, 2.05) is 0 Å². The topological polar surface area (TPSA) is 52.6 Å². The second-order valence-corrected chi connectivity index (χ2v) is 5.56. The highest BCUT2D eigenvalue weighted by Crippen LogP contribution is 2.25. The Bertz CT molecular complexity index is 503. The number of likely N-dealkylation sites (tertiary alicyclic amines) is 1. The predicted molar refractivity (Wildman–Crippen MR) is 76.3 cm³/mol. The molecule has 1 aromatic rings. The Balaban J connectivity index is 2.21. The van der Waals surface area contributed by atoms with Gasteiger partial charge in [0.25, 0.3) is 5.91 Å². The van der Waals surface area contributed by atoms with Crippen molar-refractivity contribution in [2.24, 2.45) is 0 Å².